The maximum Gasteiger partial charge on any atom is 0.336 e. The third kappa shape index (κ3) is 4.67. The van der Waals surface area contributed by atoms with Gasteiger partial charge in [0.1, 0.15) is 17.5 Å². The molecule has 2 fully saturated rings. The monoisotopic (exact) mass is 524 g/mol. The van der Waals surface area contributed by atoms with Crippen molar-refractivity contribution < 1.29 is 53.1 Å². The van der Waals surface area contributed by atoms with E-state index in [0.717, 1.165) is 13.8 Å². The SMILES string of the molecule is CC(=O)O[C@@H]1C(C(C)=O)C(CC2=C[C@@H](O)OC2=O)[C@@]2(C)[C@@H](OC(C)=O)CCC(C)(C)[C@]2(O)[C@H]1OC(C)=O. The van der Waals surface area contributed by atoms with E-state index in [4.69, 9.17) is 18.9 Å². The zero-order chi connectivity index (χ0) is 28.1. The second-order valence-electron chi connectivity index (χ2n) is 11.1. The van der Waals surface area contributed by atoms with Gasteiger partial charge < -0.3 is 29.2 Å². The van der Waals surface area contributed by atoms with Crippen LogP contribution in [0.4, 0.5) is 0 Å². The minimum absolute atomic E-state index is 0.0600. The van der Waals surface area contributed by atoms with E-state index in [2.05, 4.69) is 0 Å². The third-order valence-corrected chi connectivity index (χ3v) is 8.47. The van der Waals surface area contributed by atoms with E-state index in [1.54, 1.807) is 20.8 Å². The predicted molar refractivity (Wildman–Crippen MR) is 125 cm³/mol. The van der Waals surface area contributed by atoms with Gasteiger partial charge in [-0.15, -0.1) is 0 Å². The van der Waals surface area contributed by atoms with Crippen LogP contribution >= 0.6 is 0 Å². The molecule has 2 N–H and O–H groups in total. The van der Waals surface area contributed by atoms with E-state index >= 15 is 0 Å². The molecule has 1 aliphatic heterocycles. The van der Waals surface area contributed by atoms with Crippen LogP contribution in [0.2, 0.25) is 0 Å². The summed E-state index contributed by atoms with van der Waals surface area (Å²) in [5, 5.41) is 22.6. The molecular weight excluding hydrogens is 488 g/mol. The largest absolute Gasteiger partial charge is 0.462 e. The summed E-state index contributed by atoms with van der Waals surface area (Å²) < 4.78 is 21.8. The van der Waals surface area contributed by atoms with Crippen LogP contribution in [0.15, 0.2) is 11.6 Å². The van der Waals surface area contributed by atoms with Crippen LogP contribution in [-0.2, 0) is 42.9 Å². The summed E-state index contributed by atoms with van der Waals surface area (Å²) in [6, 6.07) is 0. The van der Waals surface area contributed by atoms with Crippen molar-refractivity contribution in [3.63, 3.8) is 0 Å². The normalized spacial score (nSPS) is 38.5. The number of esters is 4. The molecule has 0 aromatic rings. The highest BCUT2D eigenvalue weighted by atomic mass is 16.6. The van der Waals surface area contributed by atoms with Gasteiger partial charge in [0.15, 0.2) is 12.2 Å². The number of hydrogen-bond donors (Lipinski definition) is 2. The average Bonchev–Trinajstić information content (AvgIpc) is 3.06. The molecule has 0 aromatic heterocycles. The van der Waals surface area contributed by atoms with Crippen molar-refractivity contribution in [1.82, 2.24) is 0 Å². The first kappa shape index (κ1) is 28.8. The maximum absolute atomic E-state index is 13.3. The maximum atomic E-state index is 13.3. The summed E-state index contributed by atoms with van der Waals surface area (Å²) >= 11 is 0. The van der Waals surface area contributed by atoms with Crippen LogP contribution in [0.1, 0.15) is 67.7 Å². The highest BCUT2D eigenvalue weighted by Gasteiger charge is 2.76. The number of hydrogen-bond acceptors (Lipinski definition) is 11. The fraction of sp³-hybridized carbons (Fsp3) is 0.731. The molecule has 0 spiro atoms. The standard InChI is InChI=1S/C26H36O11/c1-12(27)20-17(10-16-11-19(31)37-23(16)32)25(7)18(34-13(2)28)8-9-24(5,6)26(25,33)22(36-15(4)30)21(20)35-14(3)29/h11,17-22,31,33H,8-10H2,1-7H3/t17?,18-,19-,20?,21+,22-,25-,26+/m0/s1. The van der Waals surface area contributed by atoms with E-state index in [9.17, 15) is 34.2 Å². The van der Waals surface area contributed by atoms with Crippen molar-refractivity contribution in [2.24, 2.45) is 22.7 Å². The van der Waals surface area contributed by atoms with Gasteiger partial charge in [-0.05, 0) is 43.6 Å². The molecule has 0 radical (unpaired) electrons. The Morgan fingerprint density at radius 2 is 1.57 bits per heavy atom. The van der Waals surface area contributed by atoms with E-state index in [-0.39, 0.29) is 12.0 Å². The summed E-state index contributed by atoms with van der Waals surface area (Å²) in [6.07, 6.45) is -3.64. The van der Waals surface area contributed by atoms with Crippen LogP contribution in [-0.4, -0.2) is 70.1 Å². The van der Waals surface area contributed by atoms with Gasteiger partial charge in [-0.1, -0.05) is 20.8 Å². The van der Waals surface area contributed by atoms with E-state index in [1.165, 1.54) is 19.9 Å². The topological polar surface area (TPSA) is 163 Å². The molecule has 8 atom stereocenters. The molecule has 11 nitrogen and oxygen atoms in total. The molecule has 11 heteroatoms. The van der Waals surface area contributed by atoms with Gasteiger partial charge in [-0.2, -0.15) is 0 Å². The Balaban J connectivity index is 2.37. The molecule has 1 heterocycles. The predicted octanol–water partition coefficient (Wildman–Crippen LogP) is 1.37. The Kier molecular flexibility index (Phi) is 7.64. The Hall–Kier alpha value is -2.79. The second-order valence-corrected chi connectivity index (χ2v) is 11.1. The lowest BCUT2D eigenvalue weighted by molar-refractivity contribution is -0.332. The first-order valence-electron chi connectivity index (χ1n) is 12.3. The first-order valence-corrected chi connectivity index (χ1v) is 12.3. The summed E-state index contributed by atoms with van der Waals surface area (Å²) in [5.74, 6) is -5.53. The van der Waals surface area contributed by atoms with Crippen molar-refractivity contribution in [1.29, 1.82) is 0 Å². The Bertz CT molecular complexity index is 1030. The summed E-state index contributed by atoms with van der Waals surface area (Å²) in [6.45, 7) is 9.93. The van der Waals surface area contributed by atoms with Crippen LogP contribution < -0.4 is 0 Å². The van der Waals surface area contributed by atoms with Crippen molar-refractivity contribution in [2.75, 3.05) is 0 Å². The molecule has 0 saturated heterocycles. The van der Waals surface area contributed by atoms with E-state index < -0.39 is 82.5 Å². The third-order valence-electron chi connectivity index (χ3n) is 8.47. The van der Waals surface area contributed by atoms with Crippen molar-refractivity contribution >= 4 is 29.7 Å². The van der Waals surface area contributed by atoms with E-state index in [0.29, 0.717) is 12.8 Å². The number of aliphatic hydroxyl groups excluding tert-OH is 1. The zero-order valence-electron chi connectivity index (χ0n) is 22.2. The number of cyclic esters (lactones) is 1. The fourth-order valence-electron chi connectivity index (χ4n) is 6.94. The molecule has 206 valence electrons. The van der Waals surface area contributed by atoms with Gasteiger partial charge in [-0.3, -0.25) is 19.2 Å². The Labute approximate surface area is 215 Å². The van der Waals surface area contributed by atoms with Gasteiger partial charge in [-0.25, -0.2) is 4.79 Å². The molecule has 37 heavy (non-hydrogen) atoms. The minimum atomic E-state index is -2.00. The average molecular weight is 525 g/mol. The number of rotatable bonds is 6. The smallest absolute Gasteiger partial charge is 0.336 e. The number of aliphatic hydroxyl groups is 2. The minimum Gasteiger partial charge on any atom is -0.462 e. The van der Waals surface area contributed by atoms with Gasteiger partial charge in [0.2, 0.25) is 6.29 Å². The molecular formula is C26H36O11. The van der Waals surface area contributed by atoms with Crippen molar-refractivity contribution in [3.05, 3.63) is 11.6 Å². The number of fused-ring (bicyclic) bond motifs is 1. The summed E-state index contributed by atoms with van der Waals surface area (Å²) in [4.78, 5) is 62.5. The number of Topliss-reactive ketones (excluding diaryl/α,β-unsaturated/α-hetero) is 1. The molecule has 0 aromatic carbocycles. The molecule has 3 rings (SSSR count). The van der Waals surface area contributed by atoms with Gasteiger partial charge in [0.05, 0.1) is 5.92 Å². The van der Waals surface area contributed by atoms with Crippen molar-refractivity contribution in [3.8, 4) is 0 Å². The molecule has 2 aliphatic carbocycles. The molecule has 0 bridgehead atoms. The Morgan fingerprint density at radius 3 is 2.03 bits per heavy atom. The number of carbonyl (C=O) groups is 5. The number of carbonyl (C=O) groups excluding carboxylic acids is 5. The zero-order valence-corrected chi connectivity index (χ0v) is 22.2. The summed E-state index contributed by atoms with van der Waals surface area (Å²) in [7, 11) is 0. The molecule has 2 unspecified atom stereocenters. The van der Waals surface area contributed by atoms with Gasteiger partial charge in [0.25, 0.3) is 0 Å². The lowest BCUT2D eigenvalue weighted by Gasteiger charge is -2.68. The van der Waals surface area contributed by atoms with Crippen LogP contribution in [0, 0.1) is 22.7 Å². The lowest BCUT2D eigenvalue weighted by atomic mass is 9.40. The van der Waals surface area contributed by atoms with Crippen LogP contribution in [0.3, 0.4) is 0 Å². The summed E-state index contributed by atoms with van der Waals surface area (Å²) in [5.41, 5.74) is -4.42. The van der Waals surface area contributed by atoms with Crippen LogP contribution in [0.25, 0.3) is 0 Å². The Morgan fingerprint density at radius 1 is 1.00 bits per heavy atom. The fourth-order valence-corrected chi connectivity index (χ4v) is 6.94. The first-order chi connectivity index (χ1) is 17.0. The quantitative estimate of drug-likeness (QED) is 0.381. The van der Waals surface area contributed by atoms with Crippen LogP contribution in [0.5, 0.6) is 0 Å². The van der Waals surface area contributed by atoms with Crippen molar-refractivity contribution in [2.45, 2.75) is 97.9 Å². The highest BCUT2D eigenvalue weighted by Crippen LogP contribution is 2.66. The molecule has 2 saturated carbocycles. The highest BCUT2D eigenvalue weighted by molar-refractivity contribution is 5.91. The van der Waals surface area contributed by atoms with Gasteiger partial charge in [0, 0.05) is 31.8 Å². The molecule has 3 aliphatic rings. The molecule has 0 amide bonds. The number of ether oxygens (including phenoxy) is 4. The second kappa shape index (κ2) is 9.83. The lowest BCUT2D eigenvalue weighted by Crippen LogP contribution is -2.80. The van der Waals surface area contributed by atoms with Gasteiger partial charge >= 0.3 is 23.9 Å². The number of ketones is 1. The van der Waals surface area contributed by atoms with E-state index in [1.807, 2.05) is 0 Å².